The number of aliphatic hydroxyl groups excluding tert-OH is 1. The summed E-state index contributed by atoms with van der Waals surface area (Å²) in [4.78, 5) is 12.0. The van der Waals surface area contributed by atoms with Crippen LogP contribution < -0.4 is 0 Å². The SMILES string of the molecule is O=[N+]([O-])c1ccc2c(C(O)(CN3CCC(O)C3)C(F)(F)F)cn(Cc3ccccc3)c2c1. The monoisotopic (exact) mass is 449 g/mol. The van der Waals surface area contributed by atoms with Crippen molar-refractivity contribution in [3.63, 3.8) is 0 Å². The van der Waals surface area contributed by atoms with E-state index in [1.165, 1.54) is 27.8 Å². The van der Waals surface area contributed by atoms with Crippen molar-refractivity contribution in [1.82, 2.24) is 9.47 Å². The molecular weight excluding hydrogens is 427 g/mol. The summed E-state index contributed by atoms with van der Waals surface area (Å²) in [5, 5.41) is 32.1. The number of non-ortho nitro benzene ring substituents is 1. The minimum atomic E-state index is -5.01. The molecule has 0 saturated carbocycles. The largest absolute Gasteiger partial charge is 0.422 e. The van der Waals surface area contributed by atoms with Gasteiger partial charge in [0.1, 0.15) is 0 Å². The Kier molecular flexibility index (Phi) is 5.70. The summed E-state index contributed by atoms with van der Waals surface area (Å²) in [7, 11) is 0. The van der Waals surface area contributed by atoms with Crippen LogP contribution in [0.3, 0.4) is 0 Å². The van der Waals surface area contributed by atoms with E-state index < -0.39 is 29.3 Å². The van der Waals surface area contributed by atoms with Gasteiger partial charge in [-0.1, -0.05) is 30.3 Å². The summed E-state index contributed by atoms with van der Waals surface area (Å²) in [6, 6.07) is 12.6. The van der Waals surface area contributed by atoms with Crippen LogP contribution in [0, 0.1) is 10.1 Å². The first-order chi connectivity index (χ1) is 15.1. The number of benzene rings is 2. The molecule has 2 unspecified atom stereocenters. The molecule has 10 heteroatoms. The van der Waals surface area contributed by atoms with Crippen LogP contribution >= 0.6 is 0 Å². The number of fused-ring (bicyclic) bond motifs is 1. The first-order valence-corrected chi connectivity index (χ1v) is 10.1. The highest BCUT2D eigenvalue weighted by Gasteiger charge is 2.57. The van der Waals surface area contributed by atoms with Gasteiger partial charge in [-0.3, -0.25) is 15.0 Å². The van der Waals surface area contributed by atoms with Crippen molar-refractivity contribution in [2.75, 3.05) is 19.6 Å². The lowest BCUT2D eigenvalue weighted by molar-refractivity contribution is -0.384. The fourth-order valence-corrected chi connectivity index (χ4v) is 4.24. The Bertz CT molecular complexity index is 1130. The molecule has 0 bridgehead atoms. The molecule has 2 aromatic carbocycles. The average Bonchev–Trinajstić information content (AvgIpc) is 3.31. The van der Waals surface area contributed by atoms with E-state index in [1.807, 2.05) is 0 Å². The van der Waals surface area contributed by atoms with Crippen LogP contribution in [-0.2, 0) is 12.1 Å². The maximum absolute atomic E-state index is 14.3. The number of β-amino-alcohol motifs (C(OH)–C–C–N with tert-alkyl or cyclic N) is 2. The van der Waals surface area contributed by atoms with Gasteiger partial charge < -0.3 is 14.8 Å². The molecule has 1 aliphatic heterocycles. The molecule has 4 rings (SSSR count). The molecule has 2 heterocycles. The van der Waals surface area contributed by atoms with Crippen LogP contribution in [0.25, 0.3) is 10.9 Å². The molecule has 170 valence electrons. The van der Waals surface area contributed by atoms with Gasteiger partial charge in [-0.2, -0.15) is 13.2 Å². The first-order valence-electron chi connectivity index (χ1n) is 10.1. The Hall–Kier alpha value is -2.95. The van der Waals surface area contributed by atoms with Crippen molar-refractivity contribution in [2.24, 2.45) is 0 Å². The van der Waals surface area contributed by atoms with Gasteiger partial charge in [0.25, 0.3) is 5.69 Å². The maximum atomic E-state index is 14.3. The molecule has 3 aromatic rings. The number of nitrogens with zero attached hydrogens (tertiary/aromatic N) is 3. The van der Waals surface area contributed by atoms with E-state index in [9.17, 15) is 33.5 Å². The second kappa shape index (κ2) is 8.19. The number of aliphatic hydroxyl groups is 2. The van der Waals surface area contributed by atoms with Crippen LogP contribution in [-0.4, -0.2) is 56.5 Å². The van der Waals surface area contributed by atoms with Crippen LogP contribution in [0.15, 0.2) is 54.7 Å². The number of nitro benzene ring substituents is 1. The number of rotatable bonds is 6. The lowest BCUT2D eigenvalue weighted by atomic mass is 9.92. The second-order valence-corrected chi connectivity index (χ2v) is 8.15. The van der Waals surface area contributed by atoms with Gasteiger partial charge in [-0.15, -0.1) is 0 Å². The van der Waals surface area contributed by atoms with E-state index in [2.05, 4.69) is 0 Å². The third kappa shape index (κ3) is 4.08. The highest BCUT2D eigenvalue weighted by molar-refractivity contribution is 5.87. The number of hydrogen-bond donors (Lipinski definition) is 2. The summed E-state index contributed by atoms with van der Waals surface area (Å²) in [5.41, 5.74) is -2.82. The summed E-state index contributed by atoms with van der Waals surface area (Å²) in [5.74, 6) is 0. The third-order valence-electron chi connectivity index (χ3n) is 5.89. The standard InChI is InChI=1S/C22H22F3N3O4/c23-22(24,25)21(30,14-26-9-8-17(29)12-26)19-13-27(11-15-4-2-1-3-5-15)20-10-16(28(31)32)6-7-18(19)20/h1-7,10,13,17,29-30H,8-9,11-12,14H2. The molecule has 7 nitrogen and oxygen atoms in total. The molecular formula is C22H22F3N3O4. The quantitative estimate of drug-likeness (QED) is 0.445. The average molecular weight is 449 g/mol. The van der Waals surface area contributed by atoms with Crippen molar-refractivity contribution < 1.29 is 28.3 Å². The molecule has 0 spiro atoms. The van der Waals surface area contributed by atoms with Crippen molar-refractivity contribution in [1.29, 1.82) is 0 Å². The smallest absolute Gasteiger partial charge is 0.392 e. The van der Waals surface area contributed by atoms with Crippen LogP contribution in [0.5, 0.6) is 0 Å². The van der Waals surface area contributed by atoms with E-state index >= 15 is 0 Å². The molecule has 1 fully saturated rings. The Balaban J connectivity index is 1.86. The van der Waals surface area contributed by atoms with E-state index in [1.54, 1.807) is 30.3 Å². The fraction of sp³-hybridized carbons (Fsp3) is 0.364. The van der Waals surface area contributed by atoms with Gasteiger partial charge in [0.2, 0.25) is 5.60 Å². The van der Waals surface area contributed by atoms with Gasteiger partial charge >= 0.3 is 6.18 Å². The van der Waals surface area contributed by atoms with Crippen molar-refractivity contribution in [3.05, 3.63) is 76.0 Å². The van der Waals surface area contributed by atoms with Gasteiger partial charge in [-0.05, 0) is 18.1 Å². The minimum absolute atomic E-state index is 0.0342. The number of likely N-dealkylation sites (tertiary alicyclic amines) is 1. The number of alkyl halides is 3. The van der Waals surface area contributed by atoms with E-state index in [0.29, 0.717) is 6.42 Å². The lowest BCUT2D eigenvalue weighted by Gasteiger charge is -2.34. The highest BCUT2D eigenvalue weighted by atomic mass is 19.4. The Labute approximate surface area is 181 Å². The zero-order chi connectivity index (χ0) is 23.1. The summed E-state index contributed by atoms with van der Waals surface area (Å²) < 4.78 is 44.3. The molecule has 0 aliphatic carbocycles. The topological polar surface area (TPSA) is 91.8 Å². The minimum Gasteiger partial charge on any atom is -0.392 e. The number of nitro groups is 1. The predicted molar refractivity (Wildman–Crippen MR) is 111 cm³/mol. The molecule has 32 heavy (non-hydrogen) atoms. The van der Waals surface area contributed by atoms with E-state index in [-0.39, 0.29) is 41.8 Å². The second-order valence-electron chi connectivity index (χ2n) is 8.15. The van der Waals surface area contributed by atoms with Crippen molar-refractivity contribution in [3.8, 4) is 0 Å². The normalized spacial score (nSPS) is 19.3. The summed E-state index contributed by atoms with van der Waals surface area (Å²) in [6.45, 7) is -0.302. The Morgan fingerprint density at radius 2 is 1.88 bits per heavy atom. The summed E-state index contributed by atoms with van der Waals surface area (Å²) >= 11 is 0. The maximum Gasteiger partial charge on any atom is 0.422 e. The van der Waals surface area contributed by atoms with E-state index in [0.717, 1.165) is 11.6 Å². The molecule has 0 amide bonds. The Morgan fingerprint density at radius 3 is 2.47 bits per heavy atom. The lowest BCUT2D eigenvalue weighted by Crippen LogP contribution is -2.50. The first kappa shape index (κ1) is 22.3. The molecule has 2 atom stereocenters. The third-order valence-corrected chi connectivity index (χ3v) is 5.89. The number of aromatic nitrogens is 1. The zero-order valence-electron chi connectivity index (χ0n) is 17.0. The van der Waals surface area contributed by atoms with Crippen LogP contribution in [0.2, 0.25) is 0 Å². The molecule has 1 aromatic heterocycles. The number of hydrogen-bond acceptors (Lipinski definition) is 5. The molecule has 1 aliphatic rings. The van der Waals surface area contributed by atoms with Gasteiger partial charge in [0.05, 0.1) is 16.5 Å². The van der Waals surface area contributed by atoms with E-state index in [4.69, 9.17) is 0 Å². The number of halogens is 3. The molecule has 1 saturated heterocycles. The van der Waals surface area contributed by atoms with Gasteiger partial charge in [0.15, 0.2) is 0 Å². The van der Waals surface area contributed by atoms with Gasteiger partial charge in [-0.25, -0.2) is 0 Å². The van der Waals surface area contributed by atoms with Crippen molar-refractivity contribution in [2.45, 2.75) is 30.8 Å². The molecule has 0 radical (unpaired) electrons. The van der Waals surface area contributed by atoms with Crippen LogP contribution in [0.4, 0.5) is 18.9 Å². The highest BCUT2D eigenvalue weighted by Crippen LogP contribution is 2.44. The zero-order valence-corrected chi connectivity index (χ0v) is 17.0. The van der Waals surface area contributed by atoms with Crippen LogP contribution in [0.1, 0.15) is 17.5 Å². The van der Waals surface area contributed by atoms with Gasteiger partial charge in [0, 0.05) is 55.5 Å². The van der Waals surface area contributed by atoms with Crippen molar-refractivity contribution >= 4 is 16.6 Å². The fourth-order valence-electron chi connectivity index (χ4n) is 4.24. The predicted octanol–water partition coefficient (Wildman–Crippen LogP) is 3.41. The Morgan fingerprint density at radius 1 is 1.16 bits per heavy atom. The molecule has 2 N–H and O–H groups in total. The summed E-state index contributed by atoms with van der Waals surface area (Å²) in [6.07, 6.45) is -4.19.